The lowest BCUT2D eigenvalue weighted by molar-refractivity contribution is -0.121. The van der Waals surface area contributed by atoms with E-state index in [1.165, 1.54) is 22.3 Å². The van der Waals surface area contributed by atoms with Crippen LogP contribution in [0.5, 0.6) is 0 Å². The van der Waals surface area contributed by atoms with Gasteiger partial charge in [0.05, 0.1) is 0 Å². The maximum atomic E-state index is 11.9. The molecule has 0 radical (unpaired) electrons. The lowest BCUT2D eigenvalue weighted by atomic mass is 9.59. The van der Waals surface area contributed by atoms with Crippen molar-refractivity contribution in [2.75, 3.05) is 6.54 Å². The van der Waals surface area contributed by atoms with E-state index in [2.05, 4.69) is 60.8 Å². The Morgan fingerprint density at radius 1 is 1.00 bits per heavy atom. The van der Waals surface area contributed by atoms with Gasteiger partial charge in [0.25, 0.3) is 0 Å². The summed E-state index contributed by atoms with van der Waals surface area (Å²) >= 11 is 0. The Morgan fingerprint density at radius 3 is 2.13 bits per heavy atom. The van der Waals surface area contributed by atoms with E-state index in [9.17, 15) is 4.79 Å². The highest BCUT2D eigenvalue weighted by atomic mass is 16.1. The summed E-state index contributed by atoms with van der Waals surface area (Å²) in [4.78, 5) is 11.9. The predicted molar refractivity (Wildman–Crippen MR) is 92.6 cm³/mol. The Hall–Kier alpha value is -2.09. The second kappa shape index (κ2) is 5.84. The summed E-state index contributed by atoms with van der Waals surface area (Å²) in [6.07, 6.45) is 2.69. The van der Waals surface area contributed by atoms with Crippen molar-refractivity contribution in [3.63, 3.8) is 0 Å². The summed E-state index contributed by atoms with van der Waals surface area (Å²) in [5.74, 6) is 1.61. The van der Waals surface area contributed by atoms with Gasteiger partial charge in [-0.2, -0.15) is 0 Å². The van der Waals surface area contributed by atoms with Crippen molar-refractivity contribution in [1.29, 1.82) is 0 Å². The summed E-state index contributed by atoms with van der Waals surface area (Å²) in [6.45, 7) is 2.84. The van der Waals surface area contributed by atoms with Crippen LogP contribution in [-0.2, 0) is 4.79 Å². The van der Waals surface area contributed by atoms with Gasteiger partial charge < -0.3 is 5.32 Å². The maximum absolute atomic E-state index is 11.9. The first-order valence-electron chi connectivity index (χ1n) is 8.74. The molecule has 1 amide bonds. The molecule has 3 aliphatic carbocycles. The SMILES string of the molecule is CCCC(=O)NCC1CC2c3ccccc3C1c1ccccc12. The number of benzene rings is 2. The zero-order valence-electron chi connectivity index (χ0n) is 13.6. The first-order valence-corrected chi connectivity index (χ1v) is 8.74. The van der Waals surface area contributed by atoms with Crippen LogP contribution >= 0.6 is 0 Å². The fraction of sp³-hybridized carbons (Fsp3) is 0.381. The van der Waals surface area contributed by atoms with Gasteiger partial charge in [0.1, 0.15) is 0 Å². The third-order valence-corrected chi connectivity index (χ3v) is 5.46. The Bertz CT molecular complexity index is 689. The van der Waals surface area contributed by atoms with E-state index in [0.29, 0.717) is 24.2 Å². The zero-order valence-corrected chi connectivity index (χ0v) is 13.6. The molecule has 0 saturated carbocycles. The van der Waals surface area contributed by atoms with E-state index in [4.69, 9.17) is 0 Å². The molecule has 0 aromatic heterocycles. The summed E-state index contributed by atoms with van der Waals surface area (Å²) in [5, 5.41) is 3.16. The van der Waals surface area contributed by atoms with Crippen molar-refractivity contribution in [2.24, 2.45) is 5.92 Å². The van der Waals surface area contributed by atoms with Gasteiger partial charge in [0, 0.05) is 24.8 Å². The summed E-state index contributed by atoms with van der Waals surface area (Å²) in [6, 6.07) is 17.7. The molecule has 23 heavy (non-hydrogen) atoms. The molecule has 1 N–H and O–H groups in total. The van der Waals surface area contributed by atoms with Gasteiger partial charge in [-0.3, -0.25) is 4.79 Å². The smallest absolute Gasteiger partial charge is 0.219 e. The summed E-state index contributed by atoms with van der Waals surface area (Å²) < 4.78 is 0. The minimum absolute atomic E-state index is 0.190. The number of nitrogens with one attached hydrogen (secondary N) is 1. The van der Waals surface area contributed by atoms with Crippen molar-refractivity contribution >= 4 is 5.91 Å². The highest BCUT2D eigenvalue weighted by molar-refractivity contribution is 5.75. The van der Waals surface area contributed by atoms with Crippen LogP contribution in [0.15, 0.2) is 48.5 Å². The van der Waals surface area contributed by atoms with Crippen molar-refractivity contribution in [1.82, 2.24) is 5.32 Å². The van der Waals surface area contributed by atoms with E-state index < -0.39 is 0 Å². The van der Waals surface area contributed by atoms with E-state index in [-0.39, 0.29) is 5.91 Å². The molecule has 118 valence electrons. The van der Waals surface area contributed by atoms with Crippen LogP contribution in [0.2, 0.25) is 0 Å². The molecule has 2 bridgehead atoms. The fourth-order valence-corrected chi connectivity index (χ4v) is 4.52. The first kappa shape index (κ1) is 14.5. The lowest BCUT2D eigenvalue weighted by Gasteiger charge is -2.45. The molecule has 0 aliphatic heterocycles. The number of hydrogen-bond donors (Lipinski definition) is 1. The summed E-state index contributed by atoms with van der Waals surface area (Å²) in [7, 11) is 0. The minimum Gasteiger partial charge on any atom is -0.356 e. The Balaban J connectivity index is 1.67. The maximum Gasteiger partial charge on any atom is 0.219 e. The Labute approximate surface area is 137 Å². The lowest BCUT2D eigenvalue weighted by Crippen LogP contribution is -2.39. The van der Waals surface area contributed by atoms with Gasteiger partial charge in [-0.1, -0.05) is 55.5 Å². The van der Waals surface area contributed by atoms with Crippen molar-refractivity contribution in [2.45, 2.75) is 38.0 Å². The van der Waals surface area contributed by atoms with Crippen molar-refractivity contribution < 1.29 is 4.79 Å². The number of rotatable bonds is 4. The standard InChI is InChI=1S/C21H23NO/c1-2-7-20(23)22-13-14-12-19-15-8-3-5-10-17(15)21(14)18-11-6-4-9-16(18)19/h3-6,8-11,14,19,21H,2,7,12-13H2,1H3,(H,22,23). The van der Waals surface area contributed by atoms with Crippen molar-refractivity contribution in [3.8, 4) is 0 Å². The van der Waals surface area contributed by atoms with Crippen LogP contribution in [0, 0.1) is 5.92 Å². The van der Waals surface area contributed by atoms with E-state index in [1.807, 2.05) is 0 Å². The number of amides is 1. The molecule has 0 spiro atoms. The molecule has 2 heteroatoms. The quantitative estimate of drug-likeness (QED) is 0.901. The second-order valence-corrected chi connectivity index (χ2v) is 6.84. The number of hydrogen-bond acceptors (Lipinski definition) is 1. The largest absolute Gasteiger partial charge is 0.356 e. The first-order chi connectivity index (χ1) is 11.3. The molecule has 0 fully saturated rings. The molecule has 0 saturated heterocycles. The average Bonchev–Trinajstić information content (AvgIpc) is 2.60. The molecule has 2 aromatic carbocycles. The van der Waals surface area contributed by atoms with Gasteiger partial charge in [-0.15, -0.1) is 0 Å². The van der Waals surface area contributed by atoms with Crippen molar-refractivity contribution in [3.05, 3.63) is 70.8 Å². The van der Waals surface area contributed by atoms with Gasteiger partial charge in [-0.25, -0.2) is 0 Å². The minimum atomic E-state index is 0.190. The molecule has 1 atom stereocenters. The zero-order chi connectivity index (χ0) is 15.8. The normalized spacial score (nSPS) is 24.0. The van der Waals surface area contributed by atoms with Gasteiger partial charge >= 0.3 is 0 Å². The molecular weight excluding hydrogens is 282 g/mol. The van der Waals surface area contributed by atoms with Crippen LogP contribution < -0.4 is 5.32 Å². The molecular formula is C21H23NO. The van der Waals surface area contributed by atoms with E-state index >= 15 is 0 Å². The Morgan fingerprint density at radius 2 is 1.57 bits per heavy atom. The molecule has 0 heterocycles. The molecule has 3 aliphatic rings. The van der Waals surface area contributed by atoms with Crippen LogP contribution in [0.3, 0.4) is 0 Å². The number of fused-ring (bicyclic) bond motifs is 1. The molecule has 5 rings (SSSR count). The van der Waals surface area contributed by atoms with Crippen LogP contribution in [0.1, 0.15) is 60.3 Å². The third-order valence-electron chi connectivity index (χ3n) is 5.46. The van der Waals surface area contributed by atoms with Gasteiger partial charge in [-0.05, 0) is 41.0 Å². The average molecular weight is 305 g/mol. The number of carbonyl (C=O) groups excluding carboxylic acids is 1. The van der Waals surface area contributed by atoms with E-state index in [0.717, 1.165) is 19.4 Å². The van der Waals surface area contributed by atoms with Crippen LogP contribution in [0.4, 0.5) is 0 Å². The monoisotopic (exact) mass is 305 g/mol. The topological polar surface area (TPSA) is 29.1 Å². The number of carbonyl (C=O) groups is 1. The predicted octanol–water partition coefficient (Wildman–Crippen LogP) is 4.20. The fourth-order valence-electron chi connectivity index (χ4n) is 4.52. The van der Waals surface area contributed by atoms with Crippen LogP contribution in [-0.4, -0.2) is 12.5 Å². The van der Waals surface area contributed by atoms with Gasteiger partial charge in [0.2, 0.25) is 5.91 Å². The third kappa shape index (κ3) is 2.37. The molecule has 2 nitrogen and oxygen atoms in total. The summed E-state index contributed by atoms with van der Waals surface area (Å²) in [5.41, 5.74) is 5.93. The highest BCUT2D eigenvalue weighted by Crippen LogP contribution is 2.55. The van der Waals surface area contributed by atoms with Crippen LogP contribution in [0.25, 0.3) is 0 Å². The van der Waals surface area contributed by atoms with Gasteiger partial charge in [0.15, 0.2) is 0 Å². The van der Waals surface area contributed by atoms with E-state index in [1.54, 1.807) is 0 Å². The second-order valence-electron chi connectivity index (χ2n) is 6.84. The highest BCUT2D eigenvalue weighted by Gasteiger charge is 2.42. The Kier molecular flexibility index (Phi) is 3.68. The molecule has 2 aromatic rings. The molecule has 1 unspecified atom stereocenters.